The fourth-order valence-electron chi connectivity index (χ4n) is 3.74. The van der Waals surface area contributed by atoms with Crippen LogP contribution in [-0.2, 0) is 11.3 Å². The van der Waals surface area contributed by atoms with Gasteiger partial charge in [0.15, 0.2) is 0 Å². The molecule has 2 fully saturated rings. The summed E-state index contributed by atoms with van der Waals surface area (Å²) in [6.07, 6.45) is 2.77. The Morgan fingerprint density at radius 3 is 2.67 bits per heavy atom. The summed E-state index contributed by atoms with van der Waals surface area (Å²) in [5, 5.41) is 0.720. The van der Waals surface area contributed by atoms with E-state index in [1.807, 2.05) is 23.1 Å². The highest BCUT2D eigenvalue weighted by Crippen LogP contribution is 2.27. The Labute approximate surface area is 148 Å². The van der Waals surface area contributed by atoms with E-state index in [1.54, 1.807) is 7.11 Å². The van der Waals surface area contributed by atoms with Crippen molar-refractivity contribution in [3.8, 4) is 5.75 Å². The van der Waals surface area contributed by atoms with E-state index < -0.39 is 0 Å². The van der Waals surface area contributed by atoms with Crippen LogP contribution < -0.4 is 10.5 Å². The number of rotatable bonds is 4. The lowest BCUT2D eigenvalue weighted by Gasteiger charge is -2.36. The largest absolute Gasteiger partial charge is 0.496 e. The quantitative estimate of drug-likeness (QED) is 0.902. The molecule has 132 valence electrons. The molecule has 0 aromatic heterocycles. The van der Waals surface area contributed by atoms with Crippen molar-refractivity contribution < 1.29 is 9.53 Å². The van der Waals surface area contributed by atoms with Crippen LogP contribution in [0.2, 0.25) is 5.02 Å². The van der Waals surface area contributed by atoms with Crippen LogP contribution >= 0.6 is 11.6 Å². The van der Waals surface area contributed by atoms with E-state index in [2.05, 4.69) is 4.90 Å². The van der Waals surface area contributed by atoms with E-state index in [0.29, 0.717) is 5.91 Å². The SMILES string of the molecule is COc1ccc(Cl)cc1CN1CCN(C(=O)C2CCC(N)C2)CC1. The number of carbonyl (C=O) groups excluding carboxylic acids is 1. The summed E-state index contributed by atoms with van der Waals surface area (Å²) in [5.41, 5.74) is 7.03. The Hall–Kier alpha value is -1.30. The van der Waals surface area contributed by atoms with Gasteiger partial charge < -0.3 is 15.4 Å². The van der Waals surface area contributed by atoms with Gasteiger partial charge in [-0.3, -0.25) is 9.69 Å². The Balaban J connectivity index is 1.54. The zero-order valence-electron chi connectivity index (χ0n) is 14.2. The summed E-state index contributed by atoms with van der Waals surface area (Å²) in [6, 6.07) is 5.90. The molecule has 2 atom stereocenters. The number of halogens is 1. The molecular weight excluding hydrogens is 326 g/mol. The van der Waals surface area contributed by atoms with Gasteiger partial charge in [-0.1, -0.05) is 11.6 Å². The van der Waals surface area contributed by atoms with Crippen LogP contribution in [0.5, 0.6) is 5.75 Å². The molecule has 0 radical (unpaired) electrons. The fraction of sp³-hybridized carbons (Fsp3) is 0.611. The number of piperazine rings is 1. The number of methoxy groups -OCH3 is 1. The van der Waals surface area contributed by atoms with Gasteiger partial charge in [-0.05, 0) is 37.5 Å². The van der Waals surface area contributed by atoms with Crippen LogP contribution in [0.3, 0.4) is 0 Å². The zero-order valence-corrected chi connectivity index (χ0v) is 15.0. The summed E-state index contributed by atoms with van der Waals surface area (Å²) >= 11 is 6.10. The summed E-state index contributed by atoms with van der Waals surface area (Å²) in [7, 11) is 1.68. The van der Waals surface area contributed by atoms with E-state index in [9.17, 15) is 4.79 Å². The molecule has 1 aromatic carbocycles. The molecule has 5 nitrogen and oxygen atoms in total. The molecule has 3 rings (SSSR count). The normalized spacial score (nSPS) is 25.0. The number of ether oxygens (including phenoxy) is 1. The number of benzene rings is 1. The molecule has 2 aliphatic rings. The Morgan fingerprint density at radius 2 is 2.04 bits per heavy atom. The minimum absolute atomic E-state index is 0.138. The fourth-order valence-corrected chi connectivity index (χ4v) is 3.93. The van der Waals surface area contributed by atoms with Crippen LogP contribution in [0.15, 0.2) is 18.2 Å². The van der Waals surface area contributed by atoms with E-state index in [0.717, 1.165) is 68.3 Å². The lowest BCUT2D eigenvalue weighted by molar-refractivity contribution is -0.137. The molecule has 2 N–H and O–H groups in total. The minimum Gasteiger partial charge on any atom is -0.496 e. The molecule has 1 saturated carbocycles. The molecule has 1 aliphatic heterocycles. The van der Waals surface area contributed by atoms with E-state index >= 15 is 0 Å². The van der Waals surface area contributed by atoms with Crippen LogP contribution in [0.4, 0.5) is 0 Å². The van der Waals surface area contributed by atoms with Crippen molar-refractivity contribution in [1.29, 1.82) is 0 Å². The van der Waals surface area contributed by atoms with Crippen molar-refractivity contribution in [3.05, 3.63) is 28.8 Å². The number of nitrogens with two attached hydrogens (primary N) is 1. The topological polar surface area (TPSA) is 58.8 Å². The van der Waals surface area contributed by atoms with Gasteiger partial charge in [0, 0.05) is 55.3 Å². The highest BCUT2D eigenvalue weighted by molar-refractivity contribution is 6.30. The van der Waals surface area contributed by atoms with Crippen molar-refractivity contribution in [2.75, 3.05) is 33.3 Å². The summed E-state index contributed by atoms with van der Waals surface area (Å²) in [6.45, 7) is 4.11. The third-order valence-corrected chi connectivity index (χ3v) is 5.38. The Bertz CT molecular complexity index is 588. The van der Waals surface area contributed by atoms with E-state index in [1.165, 1.54) is 0 Å². The first kappa shape index (κ1) is 17.5. The van der Waals surface area contributed by atoms with Crippen LogP contribution in [0.1, 0.15) is 24.8 Å². The molecule has 0 spiro atoms. The second kappa shape index (κ2) is 7.72. The maximum absolute atomic E-state index is 12.6. The van der Waals surface area contributed by atoms with Crippen molar-refractivity contribution in [2.24, 2.45) is 11.7 Å². The van der Waals surface area contributed by atoms with Gasteiger partial charge in [0.2, 0.25) is 5.91 Å². The molecule has 1 amide bonds. The monoisotopic (exact) mass is 351 g/mol. The van der Waals surface area contributed by atoms with Crippen molar-refractivity contribution in [3.63, 3.8) is 0 Å². The molecule has 2 unspecified atom stereocenters. The van der Waals surface area contributed by atoms with Crippen molar-refractivity contribution >= 4 is 17.5 Å². The second-order valence-electron chi connectivity index (χ2n) is 6.83. The van der Waals surface area contributed by atoms with E-state index in [-0.39, 0.29) is 12.0 Å². The van der Waals surface area contributed by atoms with Crippen LogP contribution in [-0.4, -0.2) is 55.0 Å². The summed E-state index contributed by atoms with van der Waals surface area (Å²) in [4.78, 5) is 16.9. The minimum atomic E-state index is 0.138. The second-order valence-corrected chi connectivity index (χ2v) is 7.26. The van der Waals surface area contributed by atoms with Gasteiger partial charge in [0.25, 0.3) is 0 Å². The number of carbonyl (C=O) groups is 1. The van der Waals surface area contributed by atoms with Gasteiger partial charge in [-0.15, -0.1) is 0 Å². The van der Waals surface area contributed by atoms with Gasteiger partial charge in [0.1, 0.15) is 5.75 Å². The lowest BCUT2D eigenvalue weighted by Crippen LogP contribution is -2.49. The molecule has 6 heteroatoms. The van der Waals surface area contributed by atoms with Crippen molar-refractivity contribution in [2.45, 2.75) is 31.8 Å². The molecule has 24 heavy (non-hydrogen) atoms. The number of amides is 1. The van der Waals surface area contributed by atoms with Gasteiger partial charge in [-0.25, -0.2) is 0 Å². The third kappa shape index (κ3) is 4.02. The maximum atomic E-state index is 12.6. The van der Waals surface area contributed by atoms with Gasteiger partial charge >= 0.3 is 0 Å². The van der Waals surface area contributed by atoms with Gasteiger partial charge in [0.05, 0.1) is 7.11 Å². The van der Waals surface area contributed by atoms with Gasteiger partial charge in [-0.2, -0.15) is 0 Å². The molecule has 1 saturated heterocycles. The lowest BCUT2D eigenvalue weighted by atomic mass is 10.1. The van der Waals surface area contributed by atoms with Crippen LogP contribution in [0, 0.1) is 5.92 Å². The zero-order chi connectivity index (χ0) is 17.1. The highest BCUT2D eigenvalue weighted by atomic mass is 35.5. The molecule has 0 bridgehead atoms. The molecule has 1 heterocycles. The number of nitrogens with zero attached hydrogens (tertiary/aromatic N) is 2. The first-order chi connectivity index (χ1) is 11.6. The smallest absolute Gasteiger partial charge is 0.225 e. The first-order valence-electron chi connectivity index (χ1n) is 8.66. The first-order valence-corrected chi connectivity index (χ1v) is 9.03. The third-order valence-electron chi connectivity index (χ3n) is 5.14. The standard InChI is InChI=1S/C18H26ClN3O2/c1-24-17-5-3-15(19)10-14(17)12-21-6-8-22(9-7-21)18(23)13-2-4-16(20)11-13/h3,5,10,13,16H,2,4,6-9,11-12,20H2,1H3. The van der Waals surface area contributed by atoms with E-state index in [4.69, 9.17) is 22.1 Å². The molecule has 1 aliphatic carbocycles. The molecule has 1 aromatic rings. The summed E-state index contributed by atoms with van der Waals surface area (Å²) < 4.78 is 5.42. The summed E-state index contributed by atoms with van der Waals surface area (Å²) in [5.74, 6) is 1.29. The van der Waals surface area contributed by atoms with Crippen LogP contribution in [0.25, 0.3) is 0 Å². The average molecular weight is 352 g/mol. The molecular formula is C18H26ClN3O2. The van der Waals surface area contributed by atoms with Crippen molar-refractivity contribution in [1.82, 2.24) is 9.80 Å². The number of hydrogen-bond acceptors (Lipinski definition) is 4. The maximum Gasteiger partial charge on any atom is 0.225 e. The number of hydrogen-bond donors (Lipinski definition) is 1. The Morgan fingerprint density at radius 1 is 1.29 bits per heavy atom. The predicted octanol–water partition coefficient (Wildman–Crippen LogP) is 2.12. The average Bonchev–Trinajstić information content (AvgIpc) is 3.02. The highest BCUT2D eigenvalue weighted by Gasteiger charge is 2.32. The Kier molecular flexibility index (Phi) is 5.64. The predicted molar refractivity (Wildman–Crippen MR) is 95.2 cm³/mol.